The summed E-state index contributed by atoms with van der Waals surface area (Å²) in [5.74, 6) is -0.738. The van der Waals surface area contributed by atoms with Gasteiger partial charge in [0.25, 0.3) is 0 Å². The van der Waals surface area contributed by atoms with E-state index >= 15 is 0 Å². The maximum atomic E-state index is 13.0. The van der Waals surface area contributed by atoms with Crippen molar-refractivity contribution in [2.45, 2.75) is 27.4 Å². The summed E-state index contributed by atoms with van der Waals surface area (Å²) in [6.45, 7) is 4.79. The number of aryl methyl sites for hydroxylation is 1. The molecule has 134 valence electrons. The lowest BCUT2D eigenvalue weighted by molar-refractivity contribution is 0.0460. The molecular weight excluding hydrogens is 339 g/mol. The number of benzene rings is 1. The number of Topliss-reactive ketones (excluding diaryl/α,β-unsaturated/α-hetero) is 1. The summed E-state index contributed by atoms with van der Waals surface area (Å²) in [5, 5.41) is 0. The van der Waals surface area contributed by atoms with Crippen LogP contribution >= 0.6 is 0 Å². The van der Waals surface area contributed by atoms with Crippen LogP contribution in [0.5, 0.6) is 0 Å². The SMILES string of the molecule is CC(=O)c1c(C)[nH]c(C(=O)OCc2coc(-c3ccc(F)cc3)n2)c1C. The van der Waals surface area contributed by atoms with E-state index in [1.54, 1.807) is 26.0 Å². The van der Waals surface area contributed by atoms with Crippen molar-refractivity contribution in [2.75, 3.05) is 0 Å². The number of halogens is 1. The Morgan fingerprint density at radius 3 is 2.54 bits per heavy atom. The van der Waals surface area contributed by atoms with E-state index in [2.05, 4.69) is 9.97 Å². The third-order valence-electron chi connectivity index (χ3n) is 3.99. The molecule has 7 heteroatoms. The molecule has 0 unspecified atom stereocenters. The molecule has 0 radical (unpaired) electrons. The number of H-pyrrole nitrogens is 1. The van der Waals surface area contributed by atoms with Gasteiger partial charge in [-0.15, -0.1) is 0 Å². The number of aromatic amines is 1. The van der Waals surface area contributed by atoms with Gasteiger partial charge in [-0.05, 0) is 50.6 Å². The standard InChI is InChI=1S/C19H17FN2O4/c1-10-16(12(3)23)11(2)21-17(10)19(24)26-9-15-8-25-18(22-15)13-4-6-14(20)7-5-13/h4-8,21H,9H2,1-3H3. The lowest BCUT2D eigenvalue weighted by Crippen LogP contribution is -2.08. The Morgan fingerprint density at radius 2 is 1.92 bits per heavy atom. The van der Waals surface area contributed by atoms with Gasteiger partial charge < -0.3 is 14.1 Å². The number of carbonyl (C=O) groups excluding carboxylic acids is 2. The highest BCUT2D eigenvalue weighted by Gasteiger charge is 2.21. The first-order valence-corrected chi connectivity index (χ1v) is 7.94. The van der Waals surface area contributed by atoms with Crippen LogP contribution < -0.4 is 0 Å². The van der Waals surface area contributed by atoms with Crippen LogP contribution in [0.2, 0.25) is 0 Å². The number of ketones is 1. The molecule has 0 saturated heterocycles. The van der Waals surface area contributed by atoms with Crippen molar-refractivity contribution in [2.24, 2.45) is 0 Å². The number of esters is 1. The van der Waals surface area contributed by atoms with E-state index in [0.717, 1.165) is 0 Å². The van der Waals surface area contributed by atoms with Crippen LogP contribution in [0.1, 0.15) is 44.7 Å². The van der Waals surface area contributed by atoms with Crippen LogP contribution in [0.3, 0.4) is 0 Å². The predicted molar refractivity (Wildman–Crippen MR) is 91.3 cm³/mol. The Kier molecular flexibility index (Phi) is 4.71. The molecule has 2 heterocycles. The number of hydrogen-bond acceptors (Lipinski definition) is 5. The molecule has 3 aromatic rings. The zero-order valence-electron chi connectivity index (χ0n) is 14.6. The summed E-state index contributed by atoms with van der Waals surface area (Å²) in [5.41, 5.74) is 2.97. The maximum absolute atomic E-state index is 13.0. The van der Waals surface area contributed by atoms with Crippen molar-refractivity contribution in [3.8, 4) is 11.5 Å². The summed E-state index contributed by atoms with van der Waals surface area (Å²) in [4.78, 5) is 31.0. The number of carbonyl (C=O) groups is 2. The highest BCUT2D eigenvalue weighted by Crippen LogP contribution is 2.21. The maximum Gasteiger partial charge on any atom is 0.355 e. The molecule has 0 atom stereocenters. The van der Waals surface area contributed by atoms with Gasteiger partial charge in [-0.1, -0.05) is 0 Å². The number of aromatic nitrogens is 2. The molecule has 0 spiro atoms. The molecule has 0 fully saturated rings. The molecule has 3 rings (SSSR count). The Morgan fingerprint density at radius 1 is 1.23 bits per heavy atom. The molecule has 0 bridgehead atoms. The molecule has 26 heavy (non-hydrogen) atoms. The quantitative estimate of drug-likeness (QED) is 0.552. The highest BCUT2D eigenvalue weighted by molar-refractivity contribution is 6.01. The fourth-order valence-electron chi connectivity index (χ4n) is 2.79. The topological polar surface area (TPSA) is 85.2 Å². The Balaban J connectivity index is 1.70. The second-order valence-corrected chi connectivity index (χ2v) is 5.91. The van der Waals surface area contributed by atoms with Crippen molar-refractivity contribution in [1.29, 1.82) is 0 Å². The van der Waals surface area contributed by atoms with E-state index in [1.165, 1.54) is 25.3 Å². The number of nitrogens with zero attached hydrogens (tertiary/aromatic N) is 1. The van der Waals surface area contributed by atoms with Crippen LogP contribution in [0, 0.1) is 19.7 Å². The van der Waals surface area contributed by atoms with E-state index in [4.69, 9.17) is 9.15 Å². The van der Waals surface area contributed by atoms with Crippen LogP contribution in [-0.2, 0) is 11.3 Å². The lowest BCUT2D eigenvalue weighted by Gasteiger charge is -2.02. The summed E-state index contributed by atoms with van der Waals surface area (Å²) in [7, 11) is 0. The molecule has 0 aliphatic carbocycles. The van der Waals surface area contributed by atoms with Gasteiger partial charge >= 0.3 is 5.97 Å². The summed E-state index contributed by atoms with van der Waals surface area (Å²) in [6, 6.07) is 5.71. The zero-order chi connectivity index (χ0) is 18.8. The minimum atomic E-state index is -0.579. The Hall–Kier alpha value is -3.22. The molecule has 1 N–H and O–H groups in total. The van der Waals surface area contributed by atoms with E-state index in [-0.39, 0.29) is 23.9 Å². The molecule has 0 aliphatic rings. The van der Waals surface area contributed by atoms with Crippen LogP contribution in [0.4, 0.5) is 4.39 Å². The van der Waals surface area contributed by atoms with Crippen LogP contribution in [0.15, 0.2) is 34.9 Å². The van der Waals surface area contributed by atoms with Crippen molar-refractivity contribution in [3.63, 3.8) is 0 Å². The Bertz CT molecular complexity index is 970. The van der Waals surface area contributed by atoms with Gasteiger partial charge in [0.05, 0.1) is 0 Å². The van der Waals surface area contributed by atoms with E-state index < -0.39 is 5.97 Å². The van der Waals surface area contributed by atoms with Gasteiger partial charge in [0.15, 0.2) is 5.78 Å². The van der Waals surface area contributed by atoms with Gasteiger partial charge in [0.2, 0.25) is 5.89 Å². The minimum Gasteiger partial charge on any atom is -0.454 e. The molecule has 1 aromatic carbocycles. The second kappa shape index (κ2) is 6.95. The normalized spacial score (nSPS) is 10.8. The lowest BCUT2D eigenvalue weighted by atomic mass is 10.1. The van der Waals surface area contributed by atoms with Gasteiger partial charge in [-0.25, -0.2) is 14.2 Å². The van der Waals surface area contributed by atoms with Crippen LogP contribution in [-0.4, -0.2) is 21.7 Å². The average Bonchev–Trinajstić information content (AvgIpc) is 3.18. The second-order valence-electron chi connectivity index (χ2n) is 5.91. The summed E-state index contributed by atoms with van der Waals surface area (Å²) in [6.07, 6.45) is 1.37. The number of ether oxygens (including phenoxy) is 1. The molecular formula is C19H17FN2O4. The van der Waals surface area contributed by atoms with E-state index in [9.17, 15) is 14.0 Å². The third kappa shape index (κ3) is 3.42. The zero-order valence-corrected chi connectivity index (χ0v) is 14.6. The number of hydrogen-bond donors (Lipinski definition) is 1. The largest absolute Gasteiger partial charge is 0.454 e. The number of rotatable bonds is 5. The van der Waals surface area contributed by atoms with Crippen molar-refractivity contribution in [1.82, 2.24) is 9.97 Å². The smallest absolute Gasteiger partial charge is 0.355 e. The minimum absolute atomic E-state index is 0.0869. The van der Waals surface area contributed by atoms with Crippen LogP contribution in [0.25, 0.3) is 11.5 Å². The van der Waals surface area contributed by atoms with E-state index in [1.807, 2.05) is 0 Å². The van der Waals surface area contributed by atoms with Gasteiger partial charge in [0, 0.05) is 16.8 Å². The number of nitrogens with one attached hydrogen (secondary N) is 1. The molecule has 2 aromatic heterocycles. The van der Waals surface area contributed by atoms with Crippen molar-refractivity contribution < 1.29 is 23.1 Å². The van der Waals surface area contributed by atoms with Gasteiger partial charge in [0.1, 0.15) is 30.1 Å². The summed E-state index contributed by atoms with van der Waals surface area (Å²) >= 11 is 0. The first-order valence-electron chi connectivity index (χ1n) is 7.94. The number of oxazole rings is 1. The van der Waals surface area contributed by atoms with Gasteiger partial charge in [-0.2, -0.15) is 0 Å². The van der Waals surface area contributed by atoms with Crippen molar-refractivity contribution in [3.05, 3.63) is 64.6 Å². The predicted octanol–water partition coefficient (Wildman–Crippen LogP) is 3.99. The molecule has 6 nitrogen and oxygen atoms in total. The monoisotopic (exact) mass is 356 g/mol. The molecule has 0 amide bonds. The molecule has 0 aliphatic heterocycles. The highest BCUT2D eigenvalue weighted by atomic mass is 19.1. The fourth-order valence-corrected chi connectivity index (χ4v) is 2.79. The third-order valence-corrected chi connectivity index (χ3v) is 3.99. The van der Waals surface area contributed by atoms with Gasteiger partial charge in [-0.3, -0.25) is 4.79 Å². The fraction of sp³-hybridized carbons (Fsp3) is 0.211. The van der Waals surface area contributed by atoms with Crippen molar-refractivity contribution >= 4 is 11.8 Å². The van der Waals surface area contributed by atoms with E-state index in [0.29, 0.717) is 34.0 Å². The molecule has 0 saturated carbocycles. The first-order chi connectivity index (χ1) is 12.4. The average molecular weight is 356 g/mol. The Labute approximate surface area is 149 Å². The summed E-state index contributed by atoms with van der Waals surface area (Å²) < 4.78 is 23.5. The first kappa shape index (κ1) is 17.6.